The van der Waals surface area contributed by atoms with Gasteiger partial charge in [-0.15, -0.1) is 0 Å². The van der Waals surface area contributed by atoms with E-state index in [1.54, 1.807) is 11.8 Å². The second kappa shape index (κ2) is 5.90. The third-order valence-corrected chi connectivity index (χ3v) is 3.07. The molecule has 0 spiro atoms. The number of likely N-dealkylation sites (N-methyl/N-ethyl adjacent to an activating group) is 1. The smallest absolute Gasteiger partial charge is 0.241 e. The first-order chi connectivity index (χ1) is 6.76. The predicted octanol–water partition coefficient (Wildman–Crippen LogP) is 0.593. The molecule has 0 radical (unpaired) electrons. The highest BCUT2D eigenvalue weighted by molar-refractivity contribution is 8.14. The fourth-order valence-corrected chi connectivity index (χ4v) is 2.23. The summed E-state index contributed by atoms with van der Waals surface area (Å²) in [5.41, 5.74) is 0. The summed E-state index contributed by atoms with van der Waals surface area (Å²) in [5, 5.41) is 6.89. The van der Waals surface area contributed by atoms with Gasteiger partial charge in [-0.2, -0.15) is 0 Å². The molecule has 4 nitrogen and oxygen atoms in total. The molecule has 1 saturated heterocycles. The molecule has 1 heterocycles. The highest BCUT2D eigenvalue weighted by Gasteiger charge is 2.17. The summed E-state index contributed by atoms with van der Waals surface area (Å²) in [6, 6.07) is 0.521. The quantitative estimate of drug-likeness (QED) is 0.722. The number of hydrogen-bond donors (Lipinski definition) is 2. The summed E-state index contributed by atoms with van der Waals surface area (Å²) in [7, 11) is 0. The number of carbonyl (C=O) groups is 1. The van der Waals surface area contributed by atoms with Crippen molar-refractivity contribution in [3.8, 4) is 0 Å². The van der Waals surface area contributed by atoms with Gasteiger partial charge in [0.1, 0.15) is 6.54 Å². The van der Waals surface area contributed by atoms with E-state index >= 15 is 0 Å². The number of nitrogens with one attached hydrogen (secondary N) is 2. The van der Waals surface area contributed by atoms with Crippen LogP contribution >= 0.6 is 11.8 Å². The Balaban J connectivity index is 2.28. The lowest BCUT2D eigenvalue weighted by Crippen LogP contribution is -2.28. The summed E-state index contributed by atoms with van der Waals surface area (Å²) in [6.07, 6.45) is 1.10. The van der Waals surface area contributed by atoms with E-state index < -0.39 is 0 Å². The van der Waals surface area contributed by atoms with Gasteiger partial charge >= 0.3 is 0 Å². The fraction of sp³-hybridized carbons (Fsp3) is 0.778. The Morgan fingerprint density at radius 1 is 1.71 bits per heavy atom. The van der Waals surface area contributed by atoms with Gasteiger partial charge in [0.2, 0.25) is 5.91 Å². The van der Waals surface area contributed by atoms with Crippen molar-refractivity contribution < 1.29 is 4.79 Å². The molecule has 0 aliphatic carbocycles. The molecular weight excluding hydrogens is 198 g/mol. The summed E-state index contributed by atoms with van der Waals surface area (Å²) in [4.78, 5) is 15.3. The van der Waals surface area contributed by atoms with Gasteiger partial charge in [-0.3, -0.25) is 9.79 Å². The molecule has 1 atom stereocenters. The lowest BCUT2D eigenvalue weighted by Gasteiger charge is -2.04. The fourth-order valence-electron chi connectivity index (χ4n) is 1.15. The Morgan fingerprint density at radius 3 is 3.07 bits per heavy atom. The second-order valence-electron chi connectivity index (χ2n) is 3.14. The van der Waals surface area contributed by atoms with Gasteiger partial charge in [-0.05, 0) is 13.3 Å². The monoisotopic (exact) mass is 215 g/mol. The number of amides is 1. The van der Waals surface area contributed by atoms with E-state index in [-0.39, 0.29) is 12.5 Å². The minimum Gasteiger partial charge on any atom is -0.361 e. The van der Waals surface area contributed by atoms with Crippen LogP contribution in [0.25, 0.3) is 0 Å². The number of amidine groups is 1. The maximum absolute atomic E-state index is 11.1. The minimum atomic E-state index is -0.0117. The molecule has 2 N–H and O–H groups in total. The van der Waals surface area contributed by atoms with Gasteiger partial charge in [-0.1, -0.05) is 18.7 Å². The van der Waals surface area contributed by atoms with E-state index in [1.165, 1.54) is 0 Å². The van der Waals surface area contributed by atoms with E-state index in [0.717, 1.165) is 17.3 Å². The van der Waals surface area contributed by atoms with Crippen LogP contribution in [0.3, 0.4) is 0 Å². The molecule has 1 unspecified atom stereocenters. The molecule has 1 fully saturated rings. The molecule has 0 saturated carbocycles. The van der Waals surface area contributed by atoms with Crippen molar-refractivity contribution in [1.29, 1.82) is 0 Å². The Morgan fingerprint density at radius 2 is 2.50 bits per heavy atom. The van der Waals surface area contributed by atoms with Crippen molar-refractivity contribution in [2.45, 2.75) is 26.3 Å². The number of aliphatic imine (C=N–C) groups is 1. The van der Waals surface area contributed by atoms with Crippen LogP contribution in [-0.2, 0) is 4.79 Å². The molecule has 0 bridgehead atoms. The van der Waals surface area contributed by atoms with E-state index in [4.69, 9.17) is 0 Å². The topological polar surface area (TPSA) is 53.5 Å². The van der Waals surface area contributed by atoms with Gasteiger partial charge in [0.25, 0.3) is 0 Å². The normalized spacial score (nSPS) is 23.6. The first-order valence-corrected chi connectivity index (χ1v) is 5.95. The van der Waals surface area contributed by atoms with E-state index in [9.17, 15) is 4.79 Å². The maximum Gasteiger partial charge on any atom is 0.241 e. The first kappa shape index (κ1) is 11.4. The van der Waals surface area contributed by atoms with Crippen molar-refractivity contribution in [2.24, 2.45) is 4.99 Å². The van der Waals surface area contributed by atoms with Crippen molar-refractivity contribution >= 4 is 22.8 Å². The highest BCUT2D eigenvalue weighted by atomic mass is 32.2. The second-order valence-corrected chi connectivity index (χ2v) is 4.14. The number of carbonyl (C=O) groups excluding carboxylic acids is 1. The van der Waals surface area contributed by atoms with Crippen LogP contribution in [0.4, 0.5) is 0 Å². The number of rotatable bonds is 4. The molecule has 1 rings (SSSR count). The van der Waals surface area contributed by atoms with Crippen LogP contribution in [0.2, 0.25) is 0 Å². The average molecular weight is 215 g/mol. The van der Waals surface area contributed by atoms with Crippen molar-refractivity contribution in [2.75, 3.05) is 18.8 Å². The minimum absolute atomic E-state index is 0.0117. The summed E-state index contributed by atoms with van der Waals surface area (Å²) >= 11 is 1.69. The van der Waals surface area contributed by atoms with Crippen molar-refractivity contribution in [1.82, 2.24) is 10.6 Å². The summed E-state index contributed by atoms with van der Waals surface area (Å²) < 4.78 is 0. The first-order valence-electron chi connectivity index (χ1n) is 4.96. The number of thioether (sulfide) groups is 1. The molecule has 1 aliphatic heterocycles. The molecule has 14 heavy (non-hydrogen) atoms. The van der Waals surface area contributed by atoms with Crippen LogP contribution in [-0.4, -0.2) is 36.0 Å². The molecule has 0 aromatic heterocycles. The van der Waals surface area contributed by atoms with E-state index in [0.29, 0.717) is 12.6 Å². The lowest BCUT2D eigenvalue weighted by atomic mass is 10.3. The summed E-state index contributed by atoms with van der Waals surface area (Å²) in [5.74, 6) is 1.05. The zero-order valence-electron chi connectivity index (χ0n) is 8.67. The zero-order chi connectivity index (χ0) is 10.4. The standard InChI is InChI=1S/C9H17N3OS/c1-3-7-6-14-9(12-7)11-5-8(13)10-4-2/h7H,3-6H2,1-2H3,(H,10,13)(H,11,12). The largest absolute Gasteiger partial charge is 0.361 e. The van der Waals surface area contributed by atoms with E-state index in [1.807, 2.05) is 6.92 Å². The molecular formula is C9H17N3OS. The molecule has 5 heteroatoms. The van der Waals surface area contributed by atoms with Crippen LogP contribution in [0.1, 0.15) is 20.3 Å². The van der Waals surface area contributed by atoms with Crippen LogP contribution in [0, 0.1) is 0 Å². The van der Waals surface area contributed by atoms with Gasteiger partial charge in [0, 0.05) is 18.3 Å². The van der Waals surface area contributed by atoms with Gasteiger partial charge in [-0.25, -0.2) is 0 Å². The molecule has 0 aromatic rings. The number of hydrogen-bond acceptors (Lipinski definition) is 3. The third kappa shape index (κ3) is 3.57. The lowest BCUT2D eigenvalue weighted by molar-refractivity contribution is -0.119. The molecule has 1 amide bonds. The predicted molar refractivity (Wildman–Crippen MR) is 60.7 cm³/mol. The van der Waals surface area contributed by atoms with Crippen molar-refractivity contribution in [3.63, 3.8) is 0 Å². The zero-order valence-corrected chi connectivity index (χ0v) is 9.49. The van der Waals surface area contributed by atoms with Crippen LogP contribution in [0.5, 0.6) is 0 Å². The summed E-state index contributed by atoms with van der Waals surface area (Å²) in [6.45, 7) is 4.95. The molecule has 80 valence electrons. The van der Waals surface area contributed by atoms with Gasteiger partial charge in [0.15, 0.2) is 5.17 Å². The molecule has 1 aliphatic rings. The average Bonchev–Trinajstić information content (AvgIpc) is 2.63. The van der Waals surface area contributed by atoms with Crippen LogP contribution in [0.15, 0.2) is 4.99 Å². The van der Waals surface area contributed by atoms with E-state index in [2.05, 4.69) is 22.5 Å². The Hall–Kier alpha value is -0.710. The third-order valence-electron chi connectivity index (χ3n) is 1.98. The SMILES string of the molecule is CCNC(=O)CN=C1NC(CC)CS1. The van der Waals surface area contributed by atoms with Crippen molar-refractivity contribution in [3.05, 3.63) is 0 Å². The van der Waals surface area contributed by atoms with Gasteiger partial charge < -0.3 is 10.6 Å². The molecule has 0 aromatic carbocycles. The van der Waals surface area contributed by atoms with Crippen LogP contribution < -0.4 is 10.6 Å². The maximum atomic E-state index is 11.1. The van der Waals surface area contributed by atoms with Gasteiger partial charge in [0.05, 0.1) is 0 Å². The Kier molecular flexibility index (Phi) is 4.79. The Bertz CT molecular complexity index is 230. The Labute approximate surface area is 88.9 Å². The number of nitrogens with zero attached hydrogens (tertiary/aromatic N) is 1. The highest BCUT2D eigenvalue weighted by Crippen LogP contribution is 2.15.